The van der Waals surface area contributed by atoms with Gasteiger partial charge in [0.2, 0.25) is 11.8 Å². The molecule has 0 fully saturated rings. The Morgan fingerprint density at radius 1 is 1.37 bits per heavy atom. The Bertz CT molecular complexity index is 733. The van der Waals surface area contributed by atoms with Crippen molar-refractivity contribution in [1.82, 2.24) is 19.5 Å². The number of anilines is 1. The number of aryl methyl sites for hydroxylation is 1. The zero-order chi connectivity index (χ0) is 13.4. The fraction of sp³-hybridized carbons (Fsp3) is 0.250. The van der Waals surface area contributed by atoms with Crippen molar-refractivity contribution in [3.05, 3.63) is 28.2 Å². The van der Waals surface area contributed by atoms with E-state index in [4.69, 9.17) is 10.5 Å². The van der Waals surface area contributed by atoms with Crippen molar-refractivity contribution in [2.24, 2.45) is 0 Å². The van der Waals surface area contributed by atoms with Gasteiger partial charge in [-0.25, -0.2) is 9.97 Å². The largest absolute Gasteiger partial charge is 0.479 e. The number of imidazole rings is 1. The van der Waals surface area contributed by atoms with Crippen molar-refractivity contribution in [1.29, 1.82) is 0 Å². The molecule has 2 N–H and O–H groups in total. The number of methoxy groups -OCH3 is 1. The molecular formula is C12H13N5OS. The second-order valence-electron chi connectivity index (χ2n) is 4.19. The van der Waals surface area contributed by atoms with Crippen LogP contribution in [-0.4, -0.2) is 26.6 Å². The summed E-state index contributed by atoms with van der Waals surface area (Å²) in [5.41, 5.74) is 9.72. The van der Waals surface area contributed by atoms with Crippen molar-refractivity contribution in [3.63, 3.8) is 0 Å². The summed E-state index contributed by atoms with van der Waals surface area (Å²) in [5.74, 6) is 0.858. The number of hydrogen-bond donors (Lipinski definition) is 1. The first-order valence-electron chi connectivity index (χ1n) is 5.73. The number of thiophene rings is 1. The number of nitrogens with zero attached hydrogens (tertiary/aromatic N) is 4. The smallest absolute Gasteiger partial charge is 0.245 e. The number of nitrogen functional groups attached to an aromatic ring is 1. The first-order chi connectivity index (χ1) is 9.20. The van der Waals surface area contributed by atoms with Gasteiger partial charge in [0, 0.05) is 0 Å². The number of fused-ring (bicyclic) bond motifs is 1. The third kappa shape index (κ3) is 1.91. The summed E-state index contributed by atoms with van der Waals surface area (Å²) in [7, 11) is 1.56. The van der Waals surface area contributed by atoms with Crippen molar-refractivity contribution >= 4 is 28.4 Å². The number of hydrogen-bond acceptors (Lipinski definition) is 6. The van der Waals surface area contributed by atoms with Crippen LogP contribution in [0.3, 0.4) is 0 Å². The minimum Gasteiger partial charge on any atom is -0.479 e. The first kappa shape index (κ1) is 11.9. The maximum Gasteiger partial charge on any atom is 0.245 e. The summed E-state index contributed by atoms with van der Waals surface area (Å²) in [4.78, 5) is 12.6. The van der Waals surface area contributed by atoms with E-state index in [1.54, 1.807) is 18.4 Å². The van der Waals surface area contributed by atoms with Gasteiger partial charge in [0.15, 0.2) is 11.2 Å². The fourth-order valence-electron chi connectivity index (χ4n) is 1.96. The van der Waals surface area contributed by atoms with Crippen LogP contribution in [-0.2, 0) is 6.54 Å². The molecule has 3 heterocycles. The van der Waals surface area contributed by atoms with E-state index in [-0.39, 0.29) is 0 Å². The predicted octanol–water partition coefficient (Wildman–Crippen LogP) is 1.84. The molecule has 3 rings (SSSR count). The van der Waals surface area contributed by atoms with Gasteiger partial charge in [-0.2, -0.15) is 16.3 Å². The molecule has 3 aromatic heterocycles. The van der Waals surface area contributed by atoms with E-state index in [2.05, 4.69) is 32.6 Å². The van der Waals surface area contributed by atoms with E-state index >= 15 is 0 Å². The Labute approximate surface area is 113 Å². The lowest BCUT2D eigenvalue weighted by atomic mass is 10.2. The van der Waals surface area contributed by atoms with Crippen LogP contribution in [0.5, 0.6) is 5.88 Å². The van der Waals surface area contributed by atoms with Crippen LogP contribution in [0.4, 0.5) is 5.95 Å². The van der Waals surface area contributed by atoms with Gasteiger partial charge in [-0.1, -0.05) is 0 Å². The third-order valence-corrected chi connectivity index (χ3v) is 3.92. The van der Waals surface area contributed by atoms with Crippen molar-refractivity contribution in [2.45, 2.75) is 13.5 Å². The summed E-state index contributed by atoms with van der Waals surface area (Å²) in [6.07, 6.45) is 1.46. The molecule has 0 bridgehead atoms. The van der Waals surface area contributed by atoms with Crippen LogP contribution in [0.25, 0.3) is 11.2 Å². The van der Waals surface area contributed by atoms with Gasteiger partial charge in [-0.15, -0.1) is 0 Å². The van der Waals surface area contributed by atoms with E-state index in [1.807, 2.05) is 4.57 Å². The van der Waals surface area contributed by atoms with Crippen LogP contribution < -0.4 is 10.5 Å². The molecule has 0 radical (unpaired) electrons. The number of ether oxygens (including phenoxy) is 1. The van der Waals surface area contributed by atoms with E-state index < -0.39 is 0 Å². The molecule has 7 heteroatoms. The monoisotopic (exact) mass is 275 g/mol. The third-order valence-electron chi connectivity index (χ3n) is 3.01. The van der Waals surface area contributed by atoms with Gasteiger partial charge in [0.05, 0.1) is 13.7 Å². The molecule has 6 nitrogen and oxygen atoms in total. The van der Waals surface area contributed by atoms with Crippen molar-refractivity contribution in [2.75, 3.05) is 12.8 Å². The van der Waals surface area contributed by atoms with Crippen LogP contribution in [0.2, 0.25) is 0 Å². The van der Waals surface area contributed by atoms with Gasteiger partial charge in [0.1, 0.15) is 6.33 Å². The fourth-order valence-corrected chi connectivity index (χ4v) is 2.81. The minimum absolute atomic E-state index is 0.416. The van der Waals surface area contributed by atoms with Gasteiger partial charge < -0.3 is 10.5 Å². The standard InChI is InChI=1S/C12H13N5OS/c1-7-4-19-5-8(7)3-17-10-9(16-12(17)13)11(18-2)15-6-14-10/h4-6H,3H2,1-2H3,(H2,13,16). The average Bonchev–Trinajstić information content (AvgIpc) is 2.95. The quantitative estimate of drug-likeness (QED) is 0.789. The lowest BCUT2D eigenvalue weighted by Gasteiger charge is -2.05. The Balaban J connectivity index is 2.13. The first-order valence-corrected chi connectivity index (χ1v) is 6.67. The zero-order valence-electron chi connectivity index (χ0n) is 10.6. The van der Waals surface area contributed by atoms with Crippen LogP contribution >= 0.6 is 11.3 Å². The molecule has 0 amide bonds. The Morgan fingerprint density at radius 2 is 2.21 bits per heavy atom. The minimum atomic E-state index is 0.416. The van der Waals surface area contributed by atoms with Crippen LogP contribution in [0, 0.1) is 6.92 Å². The Hall–Kier alpha value is -2.15. The number of nitrogens with two attached hydrogens (primary N) is 1. The Morgan fingerprint density at radius 3 is 2.89 bits per heavy atom. The maximum atomic E-state index is 5.98. The van der Waals surface area contributed by atoms with Gasteiger partial charge in [-0.3, -0.25) is 4.57 Å². The van der Waals surface area contributed by atoms with E-state index in [0.29, 0.717) is 29.5 Å². The normalized spacial score (nSPS) is 11.1. The lowest BCUT2D eigenvalue weighted by Crippen LogP contribution is -2.05. The lowest BCUT2D eigenvalue weighted by molar-refractivity contribution is 0.401. The maximum absolute atomic E-state index is 5.98. The topological polar surface area (TPSA) is 78.8 Å². The summed E-state index contributed by atoms with van der Waals surface area (Å²) >= 11 is 1.67. The van der Waals surface area contributed by atoms with Gasteiger partial charge >= 0.3 is 0 Å². The van der Waals surface area contributed by atoms with Crippen molar-refractivity contribution in [3.8, 4) is 5.88 Å². The van der Waals surface area contributed by atoms with Crippen LogP contribution in [0.15, 0.2) is 17.1 Å². The molecule has 3 aromatic rings. The molecule has 0 saturated heterocycles. The molecule has 0 aliphatic heterocycles. The molecule has 19 heavy (non-hydrogen) atoms. The Kier molecular flexibility index (Phi) is 2.83. The predicted molar refractivity (Wildman–Crippen MR) is 74.4 cm³/mol. The second-order valence-corrected chi connectivity index (χ2v) is 4.93. The summed E-state index contributed by atoms with van der Waals surface area (Å²) in [5, 5.41) is 4.22. The molecule has 98 valence electrons. The highest BCUT2D eigenvalue weighted by molar-refractivity contribution is 7.08. The molecule has 0 saturated carbocycles. The highest BCUT2D eigenvalue weighted by atomic mass is 32.1. The molecule has 0 aliphatic rings. The van der Waals surface area contributed by atoms with Gasteiger partial charge in [0.25, 0.3) is 0 Å². The average molecular weight is 275 g/mol. The molecule has 0 spiro atoms. The highest BCUT2D eigenvalue weighted by Gasteiger charge is 2.15. The van der Waals surface area contributed by atoms with Gasteiger partial charge in [-0.05, 0) is 28.8 Å². The SMILES string of the molecule is COc1ncnc2c1nc(N)n2Cc1cscc1C. The molecule has 0 unspecified atom stereocenters. The van der Waals surface area contributed by atoms with E-state index in [9.17, 15) is 0 Å². The molecule has 0 atom stereocenters. The zero-order valence-corrected chi connectivity index (χ0v) is 11.4. The summed E-state index contributed by atoms with van der Waals surface area (Å²) < 4.78 is 7.04. The van der Waals surface area contributed by atoms with E-state index in [0.717, 1.165) is 0 Å². The van der Waals surface area contributed by atoms with Crippen LogP contribution in [0.1, 0.15) is 11.1 Å². The number of rotatable bonds is 3. The summed E-state index contributed by atoms with van der Waals surface area (Å²) in [6, 6.07) is 0. The highest BCUT2D eigenvalue weighted by Crippen LogP contribution is 2.25. The summed E-state index contributed by atoms with van der Waals surface area (Å²) in [6.45, 7) is 2.73. The molecular weight excluding hydrogens is 262 g/mol. The molecule has 0 aromatic carbocycles. The van der Waals surface area contributed by atoms with Crippen molar-refractivity contribution < 1.29 is 4.74 Å². The van der Waals surface area contributed by atoms with E-state index in [1.165, 1.54) is 17.5 Å². The number of aromatic nitrogens is 4. The molecule has 0 aliphatic carbocycles. The second kappa shape index (κ2) is 4.51.